The number of aromatic nitrogens is 1. The lowest BCUT2D eigenvalue weighted by Gasteiger charge is -2.32. The molecule has 8 heteroatoms. The molecule has 2 heterocycles. The van der Waals surface area contributed by atoms with E-state index in [4.69, 9.17) is 5.73 Å². The molecule has 2 atom stereocenters. The Kier molecular flexibility index (Phi) is 4.33. The third-order valence-corrected chi connectivity index (χ3v) is 4.29. The molecule has 1 aromatic heterocycles. The number of hydrogen-bond donors (Lipinski definition) is 1. The number of rotatable bonds is 2. The summed E-state index contributed by atoms with van der Waals surface area (Å²) < 4.78 is 37.6. The molecule has 4 nitrogen and oxygen atoms in total. The van der Waals surface area contributed by atoms with Gasteiger partial charge in [0.05, 0.1) is 11.0 Å². The number of nitrogens with zero attached hydrogens (tertiary/aromatic N) is 2. The molecular weight excluding hydrogens is 291 g/mol. The summed E-state index contributed by atoms with van der Waals surface area (Å²) in [7, 11) is 0. The quantitative estimate of drug-likeness (QED) is 0.911. The Labute approximate surface area is 118 Å². The van der Waals surface area contributed by atoms with Crippen LogP contribution in [0.4, 0.5) is 13.2 Å². The molecule has 1 aromatic rings. The first-order valence-corrected chi connectivity index (χ1v) is 7.24. The van der Waals surface area contributed by atoms with Crippen molar-refractivity contribution in [1.82, 2.24) is 9.88 Å². The van der Waals surface area contributed by atoms with Gasteiger partial charge in [0.2, 0.25) is 5.91 Å². The molecule has 1 aliphatic heterocycles. The maximum Gasteiger partial charge on any atom is 0.434 e. The van der Waals surface area contributed by atoms with Gasteiger partial charge in [-0.15, -0.1) is 11.3 Å². The second-order valence-corrected chi connectivity index (χ2v) is 5.87. The summed E-state index contributed by atoms with van der Waals surface area (Å²) in [5.41, 5.74) is 4.71. The zero-order chi connectivity index (χ0) is 14.9. The van der Waals surface area contributed by atoms with Crippen LogP contribution in [0.5, 0.6) is 0 Å². The van der Waals surface area contributed by atoms with Gasteiger partial charge >= 0.3 is 6.18 Å². The maximum absolute atomic E-state index is 12.5. The molecule has 2 N–H and O–H groups in total. The molecule has 0 spiro atoms. The summed E-state index contributed by atoms with van der Waals surface area (Å²) in [6, 6.07) is -0.587. The first-order valence-electron chi connectivity index (χ1n) is 6.36. The van der Waals surface area contributed by atoms with Crippen molar-refractivity contribution in [3.05, 3.63) is 16.1 Å². The number of piperidine rings is 1. The number of halogens is 3. The van der Waals surface area contributed by atoms with Crippen molar-refractivity contribution in [2.24, 2.45) is 5.73 Å². The number of carbonyl (C=O) groups is 1. The van der Waals surface area contributed by atoms with Gasteiger partial charge in [-0.1, -0.05) is 0 Å². The van der Waals surface area contributed by atoms with Gasteiger partial charge in [-0.3, -0.25) is 4.79 Å². The molecule has 2 rings (SSSR count). The van der Waals surface area contributed by atoms with Crippen molar-refractivity contribution in [3.63, 3.8) is 0 Å². The molecule has 1 aliphatic rings. The van der Waals surface area contributed by atoms with Crippen LogP contribution in [0, 0.1) is 0 Å². The molecule has 112 valence electrons. The van der Waals surface area contributed by atoms with Crippen molar-refractivity contribution in [1.29, 1.82) is 0 Å². The predicted octanol–water partition coefficient (Wildman–Crippen LogP) is 2.22. The summed E-state index contributed by atoms with van der Waals surface area (Å²) in [4.78, 5) is 17.1. The highest BCUT2D eigenvalue weighted by atomic mass is 32.1. The smallest absolute Gasteiger partial charge is 0.341 e. The standard InChI is InChI=1S/C12H16F3N3OS/c1-7(16)11(19)18-4-2-3-8(5-18)10-17-9(6-20-10)12(13,14)15/h6-8H,2-5,16H2,1H3/t7-,8?/m1/s1. The first-order chi connectivity index (χ1) is 9.29. The van der Waals surface area contributed by atoms with E-state index in [0.29, 0.717) is 18.1 Å². The number of nitrogens with two attached hydrogens (primary N) is 1. The number of alkyl halides is 3. The molecule has 0 aliphatic carbocycles. The Morgan fingerprint density at radius 2 is 2.30 bits per heavy atom. The van der Waals surface area contributed by atoms with Crippen LogP contribution in [0.25, 0.3) is 0 Å². The van der Waals surface area contributed by atoms with Crippen LogP contribution in [0.3, 0.4) is 0 Å². The van der Waals surface area contributed by atoms with Crippen LogP contribution >= 0.6 is 11.3 Å². The van der Waals surface area contributed by atoms with E-state index in [2.05, 4.69) is 4.98 Å². The van der Waals surface area contributed by atoms with Crippen molar-refractivity contribution in [3.8, 4) is 0 Å². The van der Waals surface area contributed by atoms with Gasteiger partial charge < -0.3 is 10.6 Å². The topological polar surface area (TPSA) is 59.2 Å². The molecule has 1 unspecified atom stereocenters. The number of hydrogen-bond acceptors (Lipinski definition) is 4. The zero-order valence-electron chi connectivity index (χ0n) is 11.0. The molecule has 1 fully saturated rings. The monoisotopic (exact) mass is 307 g/mol. The lowest BCUT2D eigenvalue weighted by atomic mass is 9.98. The number of amides is 1. The Bertz CT molecular complexity index is 487. The SMILES string of the molecule is C[C@@H](N)C(=O)N1CCCC(c2nc(C(F)(F)F)cs2)C1. The third-order valence-electron chi connectivity index (χ3n) is 3.28. The highest BCUT2D eigenvalue weighted by molar-refractivity contribution is 7.09. The maximum atomic E-state index is 12.5. The zero-order valence-corrected chi connectivity index (χ0v) is 11.8. The molecule has 1 saturated heterocycles. The number of likely N-dealkylation sites (tertiary alicyclic amines) is 1. The average Bonchev–Trinajstić information content (AvgIpc) is 2.87. The minimum absolute atomic E-state index is 0.132. The molecule has 0 radical (unpaired) electrons. The van der Waals surface area contributed by atoms with Gasteiger partial charge in [0.25, 0.3) is 0 Å². The van der Waals surface area contributed by atoms with Gasteiger partial charge in [-0.05, 0) is 19.8 Å². The average molecular weight is 307 g/mol. The van der Waals surface area contributed by atoms with Crippen LogP contribution in [0.1, 0.15) is 36.4 Å². The van der Waals surface area contributed by atoms with Crippen LogP contribution < -0.4 is 5.73 Å². The summed E-state index contributed by atoms with van der Waals surface area (Å²) in [5.74, 6) is -0.296. The van der Waals surface area contributed by atoms with Gasteiger partial charge in [-0.25, -0.2) is 4.98 Å². The molecule has 1 amide bonds. The highest BCUT2D eigenvalue weighted by Crippen LogP contribution is 2.34. The fourth-order valence-corrected chi connectivity index (χ4v) is 3.23. The van der Waals surface area contributed by atoms with E-state index >= 15 is 0 Å². The molecule has 20 heavy (non-hydrogen) atoms. The Hall–Kier alpha value is -1.15. The summed E-state index contributed by atoms with van der Waals surface area (Å²) in [6.45, 7) is 2.61. The lowest BCUT2D eigenvalue weighted by Crippen LogP contribution is -2.46. The normalized spacial score (nSPS) is 21.9. The fraction of sp³-hybridized carbons (Fsp3) is 0.667. The first kappa shape index (κ1) is 15.2. The fourth-order valence-electron chi connectivity index (χ4n) is 2.27. The molecular formula is C12H16F3N3OS. The van der Waals surface area contributed by atoms with Gasteiger partial charge in [0.1, 0.15) is 0 Å². The molecule has 0 aromatic carbocycles. The van der Waals surface area contributed by atoms with Crippen molar-refractivity contribution >= 4 is 17.2 Å². The van der Waals surface area contributed by atoms with E-state index in [1.54, 1.807) is 11.8 Å². The number of thiazole rings is 1. The van der Waals surface area contributed by atoms with E-state index in [9.17, 15) is 18.0 Å². The van der Waals surface area contributed by atoms with E-state index in [-0.39, 0.29) is 11.8 Å². The Morgan fingerprint density at radius 1 is 1.60 bits per heavy atom. The second-order valence-electron chi connectivity index (χ2n) is 4.98. The van der Waals surface area contributed by atoms with Crippen molar-refractivity contribution < 1.29 is 18.0 Å². The van der Waals surface area contributed by atoms with Crippen LogP contribution in [-0.4, -0.2) is 34.9 Å². The minimum atomic E-state index is -4.41. The third kappa shape index (κ3) is 3.29. The Balaban J connectivity index is 2.09. The van der Waals surface area contributed by atoms with Gasteiger partial charge in [0.15, 0.2) is 5.69 Å². The lowest BCUT2D eigenvalue weighted by molar-refractivity contribution is -0.141. The van der Waals surface area contributed by atoms with Crippen LogP contribution in [0.2, 0.25) is 0 Å². The van der Waals surface area contributed by atoms with Crippen LogP contribution in [-0.2, 0) is 11.0 Å². The predicted molar refractivity (Wildman–Crippen MR) is 69.3 cm³/mol. The van der Waals surface area contributed by atoms with E-state index in [0.717, 1.165) is 29.6 Å². The van der Waals surface area contributed by atoms with Gasteiger partial charge in [0, 0.05) is 24.4 Å². The second kappa shape index (κ2) is 5.69. The summed E-state index contributed by atoms with van der Waals surface area (Å²) >= 11 is 1.00. The van der Waals surface area contributed by atoms with Crippen molar-refractivity contribution in [2.45, 2.75) is 37.9 Å². The molecule has 0 saturated carbocycles. The van der Waals surface area contributed by atoms with Gasteiger partial charge in [-0.2, -0.15) is 13.2 Å². The molecule has 0 bridgehead atoms. The Morgan fingerprint density at radius 3 is 2.85 bits per heavy atom. The minimum Gasteiger partial charge on any atom is -0.341 e. The summed E-state index contributed by atoms with van der Waals surface area (Å²) in [6.07, 6.45) is -2.91. The van der Waals surface area contributed by atoms with E-state index in [1.165, 1.54) is 0 Å². The van der Waals surface area contributed by atoms with E-state index < -0.39 is 17.9 Å². The van der Waals surface area contributed by atoms with Crippen molar-refractivity contribution in [2.75, 3.05) is 13.1 Å². The summed E-state index contributed by atoms with van der Waals surface area (Å²) in [5, 5.41) is 1.47. The van der Waals surface area contributed by atoms with Crippen LogP contribution in [0.15, 0.2) is 5.38 Å². The van der Waals surface area contributed by atoms with E-state index in [1.807, 2.05) is 0 Å². The largest absolute Gasteiger partial charge is 0.434 e. The number of carbonyl (C=O) groups excluding carboxylic acids is 1. The highest BCUT2D eigenvalue weighted by Gasteiger charge is 2.35.